The average molecular weight is 824 g/mol. The Morgan fingerprint density at radius 2 is 1.53 bits per heavy atom. The summed E-state index contributed by atoms with van der Waals surface area (Å²) < 4.78 is 5.83. The number of ketones is 1. The molecule has 3 aliphatic heterocycles. The van der Waals surface area contributed by atoms with Gasteiger partial charge in [0, 0.05) is 45.6 Å². The van der Waals surface area contributed by atoms with Crippen LogP contribution >= 0.6 is 0 Å². The summed E-state index contributed by atoms with van der Waals surface area (Å²) in [7, 11) is 1.47. The molecule has 1 aromatic heterocycles. The zero-order valence-corrected chi connectivity index (χ0v) is 33.6. The molecule has 60 heavy (non-hydrogen) atoms. The number of likely N-dealkylation sites (N-methyl/N-ethyl adjacent to an activating group) is 1. The fourth-order valence-electron chi connectivity index (χ4n) is 7.88. The Morgan fingerprint density at radius 1 is 0.850 bits per heavy atom. The number of cyclic esters (lactones) is 1. The maximum Gasteiger partial charge on any atom is 0.333 e. The number of hydrogen-bond acceptors (Lipinski definition) is 11. The third-order valence-corrected chi connectivity index (χ3v) is 11.2. The number of aromatic hydroxyl groups is 1. The number of Topliss-reactive ketones (excluding diaryl/α,β-unsaturated/α-hetero) is 1. The van der Waals surface area contributed by atoms with Gasteiger partial charge in [0.25, 0.3) is 5.91 Å². The van der Waals surface area contributed by atoms with E-state index in [1.54, 1.807) is 61.5 Å². The van der Waals surface area contributed by atoms with Crippen molar-refractivity contribution in [2.24, 2.45) is 0 Å². The van der Waals surface area contributed by atoms with Gasteiger partial charge in [0.05, 0.1) is 0 Å². The van der Waals surface area contributed by atoms with Gasteiger partial charge in [0.2, 0.25) is 29.5 Å². The molecule has 0 bridgehead atoms. The van der Waals surface area contributed by atoms with E-state index in [1.807, 2.05) is 6.07 Å². The van der Waals surface area contributed by atoms with Gasteiger partial charge >= 0.3 is 5.97 Å². The van der Waals surface area contributed by atoms with Gasteiger partial charge in [-0.15, -0.1) is 0 Å². The predicted octanol–water partition coefficient (Wildman–Crippen LogP) is 1.20. The number of pyridine rings is 1. The molecule has 2 aromatic carbocycles. The number of esters is 1. The minimum atomic E-state index is -1.68. The normalized spacial score (nSPS) is 26.1. The van der Waals surface area contributed by atoms with Crippen molar-refractivity contribution < 1.29 is 48.2 Å². The van der Waals surface area contributed by atoms with Crippen LogP contribution in [-0.2, 0) is 44.7 Å². The summed E-state index contributed by atoms with van der Waals surface area (Å²) in [6.07, 6.45) is 0.235. The molecule has 6 rings (SSSR count). The highest BCUT2D eigenvalue weighted by molar-refractivity contribution is 6.01. The highest BCUT2D eigenvalue weighted by Gasteiger charge is 2.45. The second-order valence-electron chi connectivity index (χ2n) is 15.2. The zero-order valence-electron chi connectivity index (χ0n) is 33.6. The summed E-state index contributed by atoms with van der Waals surface area (Å²) in [4.78, 5) is 121. The summed E-state index contributed by atoms with van der Waals surface area (Å²) in [5, 5.41) is 18.2. The first-order chi connectivity index (χ1) is 28.8. The van der Waals surface area contributed by atoms with Crippen molar-refractivity contribution in [3.63, 3.8) is 0 Å². The Morgan fingerprint density at radius 3 is 2.22 bits per heavy atom. The number of fused-ring (bicyclic) bond motifs is 2. The molecule has 0 radical (unpaired) electrons. The number of carbonyl (C=O) groups excluding carboxylic acids is 8. The number of hydrogen-bond donors (Lipinski definition) is 4. The van der Waals surface area contributed by atoms with Crippen molar-refractivity contribution in [1.29, 1.82) is 0 Å². The van der Waals surface area contributed by atoms with Gasteiger partial charge in [-0.1, -0.05) is 67.6 Å². The lowest BCUT2D eigenvalue weighted by molar-refractivity contribution is -0.156. The minimum Gasteiger partial charge on any atom is -0.505 e. The maximum absolute atomic E-state index is 14.8. The van der Waals surface area contributed by atoms with E-state index < -0.39 is 95.2 Å². The lowest BCUT2D eigenvalue weighted by atomic mass is 9.95. The fraction of sp³-hybridized carbons (Fsp3) is 0.419. The van der Waals surface area contributed by atoms with Crippen molar-refractivity contribution >= 4 is 47.2 Å². The molecule has 0 spiro atoms. The number of piperidine rings is 1. The van der Waals surface area contributed by atoms with Crippen LogP contribution in [0.5, 0.6) is 5.75 Å². The zero-order chi connectivity index (χ0) is 43.1. The Bertz CT molecular complexity index is 2120. The van der Waals surface area contributed by atoms with Crippen molar-refractivity contribution in [1.82, 2.24) is 35.6 Å². The lowest BCUT2D eigenvalue weighted by Gasteiger charge is -2.40. The van der Waals surface area contributed by atoms with Gasteiger partial charge in [-0.3, -0.25) is 33.6 Å². The second-order valence-corrected chi connectivity index (χ2v) is 15.2. The van der Waals surface area contributed by atoms with Crippen LogP contribution in [-0.4, -0.2) is 128 Å². The van der Waals surface area contributed by atoms with Gasteiger partial charge in [-0.2, -0.15) is 0 Å². The van der Waals surface area contributed by atoms with E-state index in [1.165, 1.54) is 47.0 Å². The van der Waals surface area contributed by atoms with Crippen molar-refractivity contribution in [2.75, 3.05) is 20.1 Å². The van der Waals surface area contributed by atoms with Gasteiger partial charge < -0.3 is 40.5 Å². The monoisotopic (exact) mass is 823 g/mol. The molecule has 17 nitrogen and oxygen atoms in total. The van der Waals surface area contributed by atoms with Crippen LogP contribution in [0, 0.1) is 0 Å². The molecule has 3 fully saturated rings. The Kier molecular flexibility index (Phi) is 13.6. The van der Waals surface area contributed by atoms with Gasteiger partial charge in [0.1, 0.15) is 47.8 Å². The molecule has 6 amide bonds. The van der Waals surface area contributed by atoms with Crippen LogP contribution in [0.2, 0.25) is 0 Å². The third kappa shape index (κ3) is 9.45. The molecular formula is C43H49N7O10. The first kappa shape index (κ1) is 42.9. The topological polar surface area (TPSA) is 225 Å². The van der Waals surface area contributed by atoms with Crippen LogP contribution < -0.4 is 16.0 Å². The standard InChI is InChI=1S/C43H49N7O10/c1-4-29-40(56)49-21-12-17-30(49)41(57)48(3)32(23-26-13-7-5-8-14-26)42(58)50-22-19-28(51)24-31(50)37(53)47-35(27-15-9-6-10-16-27)43(59)60-25(2)34(38(54)45-29)46-39(55)36-33(52)18-11-20-44-36/h5-11,13-16,18,20,25,29-32,34-35,52H,4,12,17,19,21-24H2,1-3H3,(H,45,54)(H,46,55)(H,47,53)/t25-,29-,30-,31?,32-,34+,35-/m1/s1. The van der Waals surface area contributed by atoms with Crippen LogP contribution in [0.1, 0.15) is 73.6 Å². The summed E-state index contributed by atoms with van der Waals surface area (Å²) in [5.74, 6) is -6.30. The number of amides is 6. The molecule has 3 aromatic rings. The van der Waals surface area contributed by atoms with E-state index >= 15 is 0 Å². The largest absolute Gasteiger partial charge is 0.505 e. The number of aromatic nitrogens is 1. The molecular weight excluding hydrogens is 775 g/mol. The third-order valence-electron chi connectivity index (χ3n) is 11.2. The van der Waals surface area contributed by atoms with Crippen molar-refractivity contribution in [2.45, 2.75) is 94.7 Å². The van der Waals surface area contributed by atoms with Crippen LogP contribution in [0.25, 0.3) is 0 Å². The van der Waals surface area contributed by atoms with Gasteiger partial charge in [-0.25, -0.2) is 9.78 Å². The first-order valence-corrected chi connectivity index (χ1v) is 20.0. The van der Waals surface area contributed by atoms with Crippen molar-refractivity contribution in [3.8, 4) is 5.75 Å². The SMILES string of the molecule is CC[C@H]1NC(=O)[C@@H](NC(=O)c2ncccc2O)[C@@H](C)OC(=O)[C@@H](c2ccccc2)NC(=O)C2CC(=O)CCN2C(=O)[C@@H](Cc2ccccc2)N(C)C(=O)[C@H]2CCCN2C1=O. The smallest absolute Gasteiger partial charge is 0.333 e. The number of ether oxygens (including phenoxy) is 1. The van der Waals surface area contributed by atoms with Crippen LogP contribution in [0.4, 0.5) is 0 Å². The minimum absolute atomic E-state index is 0.0410. The van der Waals surface area contributed by atoms with E-state index in [9.17, 15) is 43.5 Å². The number of benzene rings is 2. The molecule has 1 unspecified atom stereocenters. The second kappa shape index (κ2) is 18.9. The number of nitrogens with one attached hydrogen (secondary N) is 3. The molecule has 0 saturated carbocycles. The van der Waals surface area contributed by atoms with Crippen molar-refractivity contribution in [3.05, 3.63) is 95.8 Å². The first-order valence-electron chi connectivity index (χ1n) is 20.0. The molecule has 7 atom stereocenters. The molecule has 4 N–H and O–H groups in total. The van der Waals surface area contributed by atoms with E-state index in [0.717, 1.165) is 5.56 Å². The number of rotatable bonds is 6. The van der Waals surface area contributed by atoms with E-state index in [2.05, 4.69) is 20.9 Å². The predicted molar refractivity (Wildman–Crippen MR) is 213 cm³/mol. The molecule has 4 heterocycles. The highest BCUT2D eigenvalue weighted by atomic mass is 16.5. The summed E-state index contributed by atoms with van der Waals surface area (Å²) >= 11 is 0. The molecule has 3 saturated heterocycles. The van der Waals surface area contributed by atoms with E-state index in [0.29, 0.717) is 6.42 Å². The summed E-state index contributed by atoms with van der Waals surface area (Å²) in [6.45, 7) is 3.03. The fourth-order valence-corrected chi connectivity index (χ4v) is 7.88. The molecule has 3 aliphatic rings. The molecule has 316 valence electrons. The van der Waals surface area contributed by atoms with Gasteiger partial charge in [-0.05, 0) is 49.4 Å². The Labute approximate surface area is 346 Å². The maximum atomic E-state index is 14.8. The van der Waals surface area contributed by atoms with Crippen LogP contribution in [0.3, 0.4) is 0 Å². The van der Waals surface area contributed by atoms with Gasteiger partial charge in [0.15, 0.2) is 11.7 Å². The lowest BCUT2D eigenvalue weighted by Crippen LogP contribution is -2.61. The number of nitrogens with zero attached hydrogens (tertiary/aromatic N) is 4. The Balaban J connectivity index is 1.43. The quantitative estimate of drug-likeness (QED) is 0.259. The molecule has 17 heteroatoms. The van der Waals surface area contributed by atoms with E-state index in [4.69, 9.17) is 4.74 Å². The number of carbonyl (C=O) groups is 8. The Hall–Kier alpha value is -6.65. The van der Waals surface area contributed by atoms with Crippen LogP contribution in [0.15, 0.2) is 79.0 Å². The average Bonchev–Trinajstić information content (AvgIpc) is 3.75. The molecule has 0 aliphatic carbocycles. The van der Waals surface area contributed by atoms with E-state index in [-0.39, 0.29) is 56.5 Å². The highest BCUT2D eigenvalue weighted by Crippen LogP contribution is 2.26. The summed E-state index contributed by atoms with van der Waals surface area (Å²) in [5.41, 5.74) is 0.560. The summed E-state index contributed by atoms with van der Waals surface area (Å²) in [6, 6.07) is 11.7.